The second-order valence-electron chi connectivity index (χ2n) is 6.37. The molecule has 29 heavy (non-hydrogen) atoms. The molecule has 1 amide bonds. The predicted molar refractivity (Wildman–Crippen MR) is 110 cm³/mol. The van der Waals surface area contributed by atoms with Crippen LogP contribution in [-0.4, -0.2) is 49.2 Å². The number of carbonyl (C=O) groups is 1. The summed E-state index contributed by atoms with van der Waals surface area (Å²) in [5.41, 5.74) is 1.32. The van der Waals surface area contributed by atoms with Gasteiger partial charge in [0.15, 0.2) is 5.13 Å². The lowest BCUT2D eigenvalue weighted by Gasteiger charge is -2.28. The van der Waals surface area contributed by atoms with Crippen LogP contribution in [0.4, 0.5) is 16.5 Å². The molecule has 150 valence electrons. The van der Waals surface area contributed by atoms with Crippen molar-refractivity contribution in [3.63, 3.8) is 0 Å². The summed E-state index contributed by atoms with van der Waals surface area (Å²) in [5, 5.41) is 14.7. The summed E-state index contributed by atoms with van der Waals surface area (Å²) < 4.78 is 11.4. The summed E-state index contributed by atoms with van der Waals surface area (Å²) in [6, 6.07) is 9.94. The number of thiazole rings is 1. The fraction of sp³-hybridized carbons (Fsp3) is 0.263. The minimum atomic E-state index is -0.467. The molecule has 1 N–H and O–H groups in total. The van der Waals surface area contributed by atoms with Crippen molar-refractivity contribution in [2.45, 2.75) is 0 Å². The highest BCUT2D eigenvalue weighted by molar-refractivity contribution is 7.22. The van der Waals surface area contributed by atoms with Crippen molar-refractivity contribution in [2.24, 2.45) is 0 Å². The zero-order valence-electron chi connectivity index (χ0n) is 15.6. The summed E-state index contributed by atoms with van der Waals surface area (Å²) in [6.45, 7) is 2.17. The van der Waals surface area contributed by atoms with E-state index in [0.717, 1.165) is 10.2 Å². The van der Waals surface area contributed by atoms with Gasteiger partial charge < -0.3 is 14.4 Å². The van der Waals surface area contributed by atoms with Crippen LogP contribution in [0.5, 0.6) is 5.75 Å². The molecule has 1 aliphatic rings. The molecular formula is C19H18N4O5S. The number of aromatic nitrogens is 1. The summed E-state index contributed by atoms with van der Waals surface area (Å²) >= 11 is 1.31. The van der Waals surface area contributed by atoms with Gasteiger partial charge in [-0.25, -0.2) is 4.98 Å². The maximum atomic E-state index is 12.7. The molecule has 0 atom stereocenters. The number of fused-ring (bicyclic) bond motifs is 1. The second kappa shape index (κ2) is 8.02. The lowest BCUT2D eigenvalue weighted by Crippen LogP contribution is -2.36. The Morgan fingerprint density at radius 2 is 2.07 bits per heavy atom. The van der Waals surface area contributed by atoms with Gasteiger partial charge in [-0.1, -0.05) is 11.3 Å². The lowest BCUT2D eigenvalue weighted by molar-refractivity contribution is -0.384. The molecule has 4 rings (SSSR count). The Labute approximate surface area is 170 Å². The zero-order valence-corrected chi connectivity index (χ0v) is 16.4. The van der Waals surface area contributed by atoms with Crippen LogP contribution >= 0.6 is 11.3 Å². The van der Waals surface area contributed by atoms with E-state index >= 15 is 0 Å². The SMILES string of the molecule is COc1ccc2nc(NC(=O)c3ccc(N4CCOCC4)c([N+](=O)[O-])c3)sc2c1. The van der Waals surface area contributed by atoms with Crippen molar-refractivity contribution in [1.82, 2.24) is 4.98 Å². The molecule has 1 fully saturated rings. The quantitative estimate of drug-likeness (QED) is 0.504. The third-order valence-electron chi connectivity index (χ3n) is 4.60. The fourth-order valence-electron chi connectivity index (χ4n) is 3.14. The number of methoxy groups -OCH3 is 1. The number of ether oxygens (including phenoxy) is 2. The molecule has 0 radical (unpaired) electrons. The summed E-state index contributed by atoms with van der Waals surface area (Å²) in [5.74, 6) is 0.251. The highest BCUT2D eigenvalue weighted by Crippen LogP contribution is 2.32. The monoisotopic (exact) mass is 414 g/mol. The van der Waals surface area contributed by atoms with Gasteiger partial charge in [0.05, 0.1) is 35.5 Å². The molecule has 3 aromatic rings. The molecule has 0 aliphatic carbocycles. The molecule has 1 aliphatic heterocycles. The van der Waals surface area contributed by atoms with Gasteiger partial charge in [0.1, 0.15) is 11.4 Å². The number of anilines is 2. The van der Waals surface area contributed by atoms with Gasteiger partial charge in [-0.2, -0.15) is 0 Å². The third kappa shape index (κ3) is 3.98. The molecule has 1 saturated heterocycles. The van der Waals surface area contributed by atoms with E-state index in [4.69, 9.17) is 9.47 Å². The number of amides is 1. The van der Waals surface area contributed by atoms with Crippen molar-refractivity contribution in [3.8, 4) is 5.75 Å². The van der Waals surface area contributed by atoms with Gasteiger partial charge in [-0.3, -0.25) is 20.2 Å². The minimum absolute atomic E-state index is 0.103. The zero-order chi connectivity index (χ0) is 20.4. The average molecular weight is 414 g/mol. The maximum absolute atomic E-state index is 12.7. The summed E-state index contributed by atoms with van der Waals surface area (Å²) in [6.07, 6.45) is 0. The van der Waals surface area contributed by atoms with E-state index in [-0.39, 0.29) is 11.3 Å². The average Bonchev–Trinajstić information content (AvgIpc) is 3.15. The van der Waals surface area contributed by atoms with E-state index in [0.29, 0.717) is 42.9 Å². The van der Waals surface area contributed by atoms with E-state index in [2.05, 4.69) is 10.3 Å². The Morgan fingerprint density at radius 3 is 2.79 bits per heavy atom. The Bertz CT molecular complexity index is 1080. The first-order chi connectivity index (χ1) is 14.0. The first-order valence-corrected chi connectivity index (χ1v) is 9.74. The Morgan fingerprint density at radius 1 is 1.28 bits per heavy atom. The topological polar surface area (TPSA) is 107 Å². The van der Waals surface area contributed by atoms with Crippen molar-refractivity contribution in [2.75, 3.05) is 43.6 Å². The number of morpholine rings is 1. The van der Waals surface area contributed by atoms with Crippen LogP contribution in [0.3, 0.4) is 0 Å². The predicted octanol–water partition coefficient (Wildman–Crippen LogP) is 3.30. The number of nitrogens with zero attached hydrogens (tertiary/aromatic N) is 3. The van der Waals surface area contributed by atoms with Crippen LogP contribution < -0.4 is 15.0 Å². The van der Waals surface area contributed by atoms with Crippen molar-refractivity contribution < 1.29 is 19.2 Å². The number of hydrogen-bond acceptors (Lipinski definition) is 8. The smallest absolute Gasteiger partial charge is 0.293 e. The van der Waals surface area contributed by atoms with Crippen molar-refractivity contribution >= 4 is 44.0 Å². The standard InChI is InChI=1S/C19H18N4O5S/c1-27-13-3-4-14-17(11-13)29-19(20-14)21-18(24)12-2-5-15(16(10-12)23(25)26)22-6-8-28-9-7-22/h2-5,10-11H,6-9H2,1H3,(H,20,21,24). The molecule has 0 spiro atoms. The highest BCUT2D eigenvalue weighted by atomic mass is 32.1. The molecule has 0 bridgehead atoms. The van der Waals surface area contributed by atoms with E-state index < -0.39 is 10.8 Å². The first-order valence-electron chi connectivity index (χ1n) is 8.92. The number of benzene rings is 2. The van der Waals surface area contributed by atoms with Gasteiger partial charge in [-0.15, -0.1) is 0 Å². The van der Waals surface area contributed by atoms with Gasteiger partial charge in [0, 0.05) is 24.7 Å². The summed E-state index contributed by atoms with van der Waals surface area (Å²) in [7, 11) is 1.58. The van der Waals surface area contributed by atoms with Gasteiger partial charge in [-0.05, 0) is 30.3 Å². The van der Waals surface area contributed by atoms with E-state index in [1.165, 1.54) is 17.4 Å². The van der Waals surface area contributed by atoms with Crippen LogP contribution in [0.1, 0.15) is 10.4 Å². The van der Waals surface area contributed by atoms with Gasteiger partial charge in [0.2, 0.25) is 0 Å². The minimum Gasteiger partial charge on any atom is -0.497 e. The van der Waals surface area contributed by atoms with Crippen LogP contribution in [0.15, 0.2) is 36.4 Å². The molecule has 9 nitrogen and oxygen atoms in total. The number of rotatable bonds is 5. The van der Waals surface area contributed by atoms with Crippen LogP contribution in [0.25, 0.3) is 10.2 Å². The third-order valence-corrected chi connectivity index (χ3v) is 5.54. The molecule has 2 aromatic carbocycles. The Kier molecular flexibility index (Phi) is 5.28. The molecule has 10 heteroatoms. The lowest BCUT2D eigenvalue weighted by atomic mass is 10.1. The van der Waals surface area contributed by atoms with Gasteiger partial charge in [0.25, 0.3) is 11.6 Å². The first kappa shape index (κ1) is 19.1. The largest absolute Gasteiger partial charge is 0.497 e. The summed E-state index contributed by atoms with van der Waals surface area (Å²) in [4.78, 5) is 30.0. The van der Waals surface area contributed by atoms with Crippen LogP contribution in [0.2, 0.25) is 0 Å². The normalized spacial score (nSPS) is 14.0. The number of nitro benzene ring substituents is 1. The van der Waals surface area contributed by atoms with Crippen molar-refractivity contribution in [3.05, 3.63) is 52.1 Å². The number of nitrogens with one attached hydrogen (secondary N) is 1. The fourth-order valence-corrected chi connectivity index (χ4v) is 4.03. The van der Waals surface area contributed by atoms with E-state index in [1.807, 2.05) is 17.0 Å². The maximum Gasteiger partial charge on any atom is 0.293 e. The molecule has 0 saturated carbocycles. The number of nitro groups is 1. The highest BCUT2D eigenvalue weighted by Gasteiger charge is 2.23. The van der Waals surface area contributed by atoms with Crippen LogP contribution in [0, 0.1) is 10.1 Å². The Hall–Kier alpha value is -3.24. The molecule has 0 unspecified atom stereocenters. The van der Waals surface area contributed by atoms with E-state index in [9.17, 15) is 14.9 Å². The van der Waals surface area contributed by atoms with E-state index in [1.54, 1.807) is 25.3 Å². The number of hydrogen-bond donors (Lipinski definition) is 1. The van der Waals surface area contributed by atoms with Crippen LogP contribution in [-0.2, 0) is 4.74 Å². The molecule has 2 heterocycles. The van der Waals surface area contributed by atoms with Crippen molar-refractivity contribution in [1.29, 1.82) is 0 Å². The molecular weight excluding hydrogens is 396 g/mol. The van der Waals surface area contributed by atoms with Gasteiger partial charge >= 0.3 is 0 Å². The number of carbonyl (C=O) groups excluding carboxylic acids is 1. The second-order valence-corrected chi connectivity index (χ2v) is 7.40. The molecule has 1 aromatic heterocycles. The Balaban J connectivity index is 1.58.